The van der Waals surface area contributed by atoms with Crippen LogP contribution in [-0.4, -0.2) is 29.2 Å². The number of ether oxygens (including phenoxy) is 1. The van der Waals surface area contributed by atoms with Gasteiger partial charge in [-0.3, -0.25) is 0 Å². The van der Waals surface area contributed by atoms with Crippen LogP contribution in [0.15, 0.2) is 6.07 Å². The summed E-state index contributed by atoms with van der Waals surface area (Å²) in [6.07, 6.45) is -4.56. The molecule has 0 saturated heterocycles. The molecule has 1 atom stereocenters. The highest BCUT2D eigenvalue weighted by atomic mass is 35.5. The lowest BCUT2D eigenvalue weighted by molar-refractivity contribution is -0.141. The molecule has 1 N–H and O–H groups in total. The van der Waals surface area contributed by atoms with Crippen molar-refractivity contribution in [3.63, 3.8) is 0 Å². The van der Waals surface area contributed by atoms with Crippen molar-refractivity contribution >= 4 is 17.4 Å². The van der Waals surface area contributed by atoms with Gasteiger partial charge in [0.15, 0.2) is 5.69 Å². The minimum Gasteiger partial charge on any atom is -0.380 e. The van der Waals surface area contributed by atoms with Crippen molar-refractivity contribution in [1.29, 1.82) is 0 Å². The maximum atomic E-state index is 12.6. The summed E-state index contributed by atoms with van der Waals surface area (Å²) in [5.74, 6) is 0.195. The van der Waals surface area contributed by atoms with Crippen molar-refractivity contribution in [3.8, 4) is 0 Å². The van der Waals surface area contributed by atoms with Crippen LogP contribution >= 0.6 is 11.6 Å². The van der Waals surface area contributed by atoms with Crippen LogP contribution in [0, 0.1) is 5.92 Å². The minimum absolute atomic E-state index is 0.0377. The van der Waals surface area contributed by atoms with E-state index in [0.29, 0.717) is 13.2 Å². The molecule has 8 heteroatoms. The second-order valence-corrected chi connectivity index (χ2v) is 4.90. The highest BCUT2D eigenvalue weighted by Crippen LogP contribution is 2.29. The van der Waals surface area contributed by atoms with Gasteiger partial charge in [-0.25, -0.2) is 9.97 Å². The van der Waals surface area contributed by atoms with Gasteiger partial charge in [-0.2, -0.15) is 13.2 Å². The van der Waals surface area contributed by atoms with Crippen molar-refractivity contribution in [2.45, 2.75) is 33.0 Å². The summed E-state index contributed by atoms with van der Waals surface area (Å²) in [6.45, 7) is 6.62. The SMILES string of the molecule is CCOCC(Nc1cc(C(F)(F)F)nc(Cl)n1)C(C)C. The van der Waals surface area contributed by atoms with E-state index in [9.17, 15) is 13.2 Å². The maximum absolute atomic E-state index is 12.6. The van der Waals surface area contributed by atoms with Crippen LogP contribution in [0.4, 0.5) is 19.0 Å². The summed E-state index contributed by atoms with van der Waals surface area (Å²) in [6, 6.07) is 0.676. The van der Waals surface area contributed by atoms with Crippen molar-refractivity contribution in [2.75, 3.05) is 18.5 Å². The smallest absolute Gasteiger partial charge is 0.380 e. The Kier molecular flexibility index (Phi) is 6.01. The zero-order valence-corrected chi connectivity index (χ0v) is 12.2. The Morgan fingerprint density at radius 2 is 2.00 bits per heavy atom. The average Bonchev–Trinajstić information content (AvgIpc) is 2.32. The third kappa shape index (κ3) is 5.13. The van der Waals surface area contributed by atoms with E-state index in [1.165, 1.54) is 0 Å². The molecule has 4 nitrogen and oxygen atoms in total. The molecule has 1 heterocycles. The van der Waals surface area contributed by atoms with Crippen LogP contribution in [-0.2, 0) is 10.9 Å². The van der Waals surface area contributed by atoms with Crippen LogP contribution < -0.4 is 5.32 Å². The molecular weight excluding hydrogens is 295 g/mol. The van der Waals surface area contributed by atoms with Crippen LogP contribution in [0.2, 0.25) is 5.28 Å². The molecule has 0 fully saturated rings. The summed E-state index contributed by atoms with van der Waals surface area (Å²) in [7, 11) is 0. The molecule has 1 unspecified atom stereocenters. The molecule has 0 amide bonds. The molecule has 0 aliphatic carbocycles. The minimum atomic E-state index is -4.56. The zero-order valence-electron chi connectivity index (χ0n) is 11.5. The molecule has 0 spiro atoms. The number of anilines is 1. The van der Waals surface area contributed by atoms with E-state index >= 15 is 0 Å². The van der Waals surface area contributed by atoms with Gasteiger partial charge in [-0.1, -0.05) is 13.8 Å². The highest BCUT2D eigenvalue weighted by molar-refractivity contribution is 6.28. The molecule has 0 bridgehead atoms. The normalized spacial score (nSPS) is 13.6. The number of nitrogens with zero attached hydrogens (tertiary/aromatic N) is 2. The number of rotatable bonds is 6. The summed E-state index contributed by atoms with van der Waals surface area (Å²) in [5, 5.41) is 2.46. The van der Waals surface area contributed by atoms with Gasteiger partial charge in [0.25, 0.3) is 0 Å². The first-order valence-electron chi connectivity index (χ1n) is 6.20. The van der Waals surface area contributed by atoms with Crippen LogP contribution in [0.5, 0.6) is 0 Å². The fourth-order valence-electron chi connectivity index (χ4n) is 1.47. The van der Waals surface area contributed by atoms with Gasteiger partial charge in [0, 0.05) is 12.7 Å². The van der Waals surface area contributed by atoms with Crippen molar-refractivity contribution < 1.29 is 17.9 Å². The summed E-state index contributed by atoms with van der Waals surface area (Å²) >= 11 is 5.53. The van der Waals surface area contributed by atoms with E-state index in [4.69, 9.17) is 16.3 Å². The third-order valence-electron chi connectivity index (χ3n) is 2.63. The van der Waals surface area contributed by atoms with Crippen molar-refractivity contribution in [3.05, 3.63) is 17.0 Å². The zero-order chi connectivity index (χ0) is 15.3. The first-order chi connectivity index (χ1) is 9.24. The Labute approximate surface area is 120 Å². The number of hydrogen-bond acceptors (Lipinski definition) is 4. The van der Waals surface area contributed by atoms with Gasteiger partial charge in [-0.15, -0.1) is 0 Å². The van der Waals surface area contributed by atoms with Crippen molar-refractivity contribution in [2.24, 2.45) is 5.92 Å². The van der Waals surface area contributed by atoms with Crippen LogP contribution in [0.3, 0.4) is 0 Å². The quantitative estimate of drug-likeness (QED) is 0.815. The summed E-state index contributed by atoms with van der Waals surface area (Å²) in [4.78, 5) is 6.94. The van der Waals surface area contributed by atoms with Gasteiger partial charge >= 0.3 is 6.18 Å². The van der Waals surface area contributed by atoms with Gasteiger partial charge in [-0.05, 0) is 24.4 Å². The first kappa shape index (κ1) is 17.0. The largest absolute Gasteiger partial charge is 0.433 e. The molecule has 0 saturated carbocycles. The number of aromatic nitrogens is 2. The van der Waals surface area contributed by atoms with Gasteiger partial charge in [0.1, 0.15) is 5.82 Å². The molecular formula is C12H17ClF3N3O. The first-order valence-corrected chi connectivity index (χ1v) is 6.58. The van der Waals surface area contributed by atoms with Gasteiger partial charge in [0.2, 0.25) is 5.28 Å². The highest BCUT2D eigenvalue weighted by Gasteiger charge is 2.33. The topological polar surface area (TPSA) is 47.0 Å². The molecule has 0 aromatic carbocycles. The molecule has 20 heavy (non-hydrogen) atoms. The van der Waals surface area contributed by atoms with E-state index in [-0.39, 0.29) is 17.8 Å². The van der Waals surface area contributed by atoms with Crippen molar-refractivity contribution in [1.82, 2.24) is 9.97 Å². The molecule has 1 aromatic rings. The van der Waals surface area contributed by atoms with Gasteiger partial charge in [0.05, 0.1) is 12.6 Å². The second kappa shape index (κ2) is 7.08. The van der Waals surface area contributed by atoms with Crippen LogP contribution in [0.25, 0.3) is 0 Å². The fraction of sp³-hybridized carbons (Fsp3) is 0.667. The molecule has 1 rings (SSSR count). The molecule has 0 radical (unpaired) electrons. The lowest BCUT2D eigenvalue weighted by Crippen LogP contribution is -2.31. The molecule has 0 aliphatic heterocycles. The Balaban J connectivity index is 2.92. The lowest BCUT2D eigenvalue weighted by atomic mass is 10.1. The van der Waals surface area contributed by atoms with Gasteiger partial charge < -0.3 is 10.1 Å². The number of halogens is 4. The van der Waals surface area contributed by atoms with E-state index in [0.717, 1.165) is 6.07 Å². The van der Waals surface area contributed by atoms with E-state index in [1.54, 1.807) is 0 Å². The Morgan fingerprint density at radius 3 is 2.50 bits per heavy atom. The summed E-state index contributed by atoms with van der Waals surface area (Å²) in [5.41, 5.74) is -1.07. The van der Waals surface area contributed by atoms with E-state index in [1.807, 2.05) is 20.8 Å². The maximum Gasteiger partial charge on any atom is 0.433 e. The second-order valence-electron chi connectivity index (χ2n) is 4.56. The Morgan fingerprint density at radius 1 is 1.35 bits per heavy atom. The summed E-state index contributed by atoms with van der Waals surface area (Å²) < 4.78 is 43.2. The molecule has 0 aliphatic rings. The molecule has 1 aromatic heterocycles. The van der Waals surface area contributed by atoms with E-state index in [2.05, 4.69) is 15.3 Å². The molecule has 114 valence electrons. The van der Waals surface area contributed by atoms with Crippen LogP contribution in [0.1, 0.15) is 26.5 Å². The fourth-order valence-corrected chi connectivity index (χ4v) is 1.65. The third-order valence-corrected chi connectivity index (χ3v) is 2.80. The average molecular weight is 312 g/mol. The monoisotopic (exact) mass is 311 g/mol. The number of nitrogens with one attached hydrogen (secondary N) is 1. The predicted octanol–water partition coefficient (Wildman–Crippen LogP) is 3.62. The Bertz CT molecular complexity index is 440. The lowest BCUT2D eigenvalue weighted by Gasteiger charge is -2.23. The predicted molar refractivity (Wildman–Crippen MR) is 70.8 cm³/mol. The Hall–Kier alpha value is -1.08. The number of alkyl halides is 3. The number of hydrogen-bond donors (Lipinski definition) is 1. The van der Waals surface area contributed by atoms with E-state index < -0.39 is 17.2 Å². The standard InChI is InChI=1S/C12H17ClF3N3O/c1-4-20-6-8(7(2)3)17-10-5-9(12(14,15)16)18-11(13)19-10/h5,7-8H,4,6H2,1-3H3,(H,17,18,19).